The maximum atomic E-state index is 12.1. The number of methoxy groups -OCH3 is 1. The fraction of sp³-hybridized carbons (Fsp3) is 0.500. The molecular formula is C14H20N2O4S. The number of nitrogens with one attached hydrogen (secondary N) is 2. The van der Waals surface area contributed by atoms with E-state index in [0.717, 1.165) is 25.8 Å². The maximum absolute atomic E-state index is 12.1. The first-order valence-electron chi connectivity index (χ1n) is 6.94. The number of carbonyl (C=O) groups is 1. The Morgan fingerprint density at radius 2 is 2.10 bits per heavy atom. The summed E-state index contributed by atoms with van der Waals surface area (Å²) in [4.78, 5) is 11.4. The van der Waals surface area contributed by atoms with Crippen LogP contribution in [0.25, 0.3) is 0 Å². The van der Waals surface area contributed by atoms with Crippen molar-refractivity contribution in [1.29, 1.82) is 0 Å². The van der Waals surface area contributed by atoms with Gasteiger partial charge in [0.15, 0.2) is 0 Å². The zero-order valence-corrected chi connectivity index (χ0v) is 12.8. The summed E-state index contributed by atoms with van der Waals surface area (Å²) < 4.78 is 31.4. The first-order valence-corrected chi connectivity index (χ1v) is 8.42. The Hall–Kier alpha value is -1.44. The number of carbonyl (C=O) groups excluding carboxylic acids is 1. The topological polar surface area (TPSA) is 84.5 Å². The van der Waals surface area contributed by atoms with E-state index in [2.05, 4.69) is 14.8 Å². The summed E-state index contributed by atoms with van der Waals surface area (Å²) in [5, 5.41) is 3.32. The van der Waals surface area contributed by atoms with Crippen LogP contribution in [-0.2, 0) is 14.8 Å². The third-order valence-electron chi connectivity index (χ3n) is 3.53. The normalized spacial score (nSPS) is 18.6. The molecule has 0 aliphatic carbocycles. The molecule has 1 aliphatic heterocycles. The average Bonchev–Trinajstić information content (AvgIpc) is 2.99. The van der Waals surface area contributed by atoms with Crippen molar-refractivity contribution in [2.45, 2.75) is 30.2 Å². The lowest BCUT2D eigenvalue weighted by molar-refractivity contribution is 0.0600. The van der Waals surface area contributed by atoms with Gasteiger partial charge in [-0.1, -0.05) is 0 Å². The minimum Gasteiger partial charge on any atom is -0.465 e. The van der Waals surface area contributed by atoms with Gasteiger partial charge >= 0.3 is 5.97 Å². The molecule has 1 heterocycles. The number of esters is 1. The van der Waals surface area contributed by atoms with E-state index in [9.17, 15) is 13.2 Å². The predicted octanol–water partition coefficient (Wildman–Crippen LogP) is 0.894. The summed E-state index contributed by atoms with van der Waals surface area (Å²) in [6, 6.07) is 6.09. The van der Waals surface area contributed by atoms with Gasteiger partial charge in [0.05, 0.1) is 17.6 Å². The highest BCUT2D eigenvalue weighted by molar-refractivity contribution is 7.89. The Kier molecular flexibility index (Phi) is 5.33. The largest absolute Gasteiger partial charge is 0.465 e. The van der Waals surface area contributed by atoms with Gasteiger partial charge in [-0.3, -0.25) is 0 Å². The van der Waals surface area contributed by atoms with E-state index in [-0.39, 0.29) is 4.90 Å². The van der Waals surface area contributed by atoms with E-state index < -0.39 is 16.0 Å². The number of sulfonamides is 1. The highest BCUT2D eigenvalue weighted by atomic mass is 32.2. The molecule has 7 heteroatoms. The lowest BCUT2D eigenvalue weighted by Crippen LogP contribution is -2.30. The first-order chi connectivity index (χ1) is 10.0. The summed E-state index contributed by atoms with van der Waals surface area (Å²) >= 11 is 0. The molecule has 1 aromatic carbocycles. The Balaban J connectivity index is 1.93. The predicted molar refractivity (Wildman–Crippen MR) is 78.6 cm³/mol. The van der Waals surface area contributed by atoms with Crippen molar-refractivity contribution >= 4 is 16.0 Å². The second-order valence-electron chi connectivity index (χ2n) is 5.00. The van der Waals surface area contributed by atoms with Crippen LogP contribution in [0.1, 0.15) is 29.6 Å². The van der Waals surface area contributed by atoms with Crippen molar-refractivity contribution in [3.05, 3.63) is 29.8 Å². The molecule has 1 saturated heterocycles. The van der Waals surface area contributed by atoms with Gasteiger partial charge in [-0.05, 0) is 50.1 Å². The molecule has 21 heavy (non-hydrogen) atoms. The zero-order chi connectivity index (χ0) is 15.3. The fourth-order valence-corrected chi connectivity index (χ4v) is 3.39. The van der Waals surface area contributed by atoms with Crippen molar-refractivity contribution < 1.29 is 17.9 Å². The monoisotopic (exact) mass is 312 g/mol. The molecule has 1 atom stereocenters. The van der Waals surface area contributed by atoms with Gasteiger partial charge in [0.25, 0.3) is 0 Å². The van der Waals surface area contributed by atoms with Crippen LogP contribution in [0.15, 0.2) is 29.2 Å². The van der Waals surface area contributed by atoms with E-state index in [0.29, 0.717) is 18.2 Å². The van der Waals surface area contributed by atoms with Gasteiger partial charge < -0.3 is 10.1 Å². The van der Waals surface area contributed by atoms with Gasteiger partial charge in [-0.25, -0.2) is 17.9 Å². The van der Waals surface area contributed by atoms with E-state index in [1.54, 1.807) is 0 Å². The SMILES string of the molecule is COC(=O)c1ccc(S(=O)(=O)NCC[C@H]2CCCN2)cc1. The highest BCUT2D eigenvalue weighted by Crippen LogP contribution is 2.12. The minimum atomic E-state index is -3.53. The number of hydrogen-bond acceptors (Lipinski definition) is 5. The number of benzene rings is 1. The summed E-state index contributed by atoms with van der Waals surface area (Å²) in [5.74, 6) is -0.487. The van der Waals surface area contributed by atoms with Crippen LogP contribution in [0.4, 0.5) is 0 Å². The molecule has 1 fully saturated rings. The lowest BCUT2D eigenvalue weighted by Gasteiger charge is -2.11. The Bertz CT molecular complexity index is 577. The number of hydrogen-bond donors (Lipinski definition) is 2. The second-order valence-corrected chi connectivity index (χ2v) is 6.76. The number of ether oxygens (including phenoxy) is 1. The van der Waals surface area contributed by atoms with Crippen LogP contribution >= 0.6 is 0 Å². The van der Waals surface area contributed by atoms with Crippen LogP contribution in [-0.4, -0.2) is 40.6 Å². The van der Waals surface area contributed by atoms with Gasteiger partial charge in [0, 0.05) is 12.6 Å². The van der Waals surface area contributed by atoms with Crippen LogP contribution in [0.2, 0.25) is 0 Å². The van der Waals surface area contributed by atoms with Gasteiger partial charge in [-0.15, -0.1) is 0 Å². The van der Waals surface area contributed by atoms with Crippen molar-refractivity contribution in [2.75, 3.05) is 20.2 Å². The molecule has 6 nitrogen and oxygen atoms in total. The zero-order valence-electron chi connectivity index (χ0n) is 12.0. The number of rotatable bonds is 6. The molecule has 2 rings (SSSR count). The van der Waals surface area contributed by atoms with Crippen molar-refractivity contribution in [3.63, 3.8) is 0 Å². The molecule has 0 unspecified atom stereocenters. The quantitative estimate of drug-likeness (QED) is 0.762. The molecule has 1 aliphatic rings. The van der Waals surface area contributed by atoms with Crippen molar-refractivity contribution in [1.82, 2.24) is 10.0 Å². The van der Waals surface area contributed by atoms with Crippen molar-refractivity contribution in [2.24, 2.45) is 0 Å². The summed E-state index contributed by atoms with van der Waals surface area (Å²) in [6.07, 6.45) is 3.02. The molecule has 116 valence electrons. The molecule has 0 amide bonds. The van der Waals surface area contributed by atoms with E-state index in [1.807, 2.05) is 0 Å². The van der Waals surface area contributed by atoms with Crippen LogP contribution < -0.4 is 10.0 Å². The van der Waals surface area contributed by atoms with Crippen molar-refractivity contribution in [3.8, 4) is 0 Å². The molecule has 0 spiro atoms. The smallest absolute Gasteiger partial charge is 0.337 e. The lowest BCUT2D eigenvalue weighted by atomic mass is 10.2. The Morgan fingerprint density at radius 1 is 1.38 bits per heavy atom. The highest BCUT2D eigenvalue weighted by Gasteiger charge is 2.17. The molecule has 2 N–H and O–H groups in total. The minimum absolute atomic E-state index is 0.148. The van der Waals surface area contributed by atoms with Crippen LogP contribution in [0, 0.1) is 0 Å². The van der Waals surface area contributed by atoms with Gasteiger partial charge in [0.1, 0.15) is 0 Å². The Morgan fingerprint density at radius 3 is 2.67 bits per heavy atom. The molecule has 0 radical (unpaired) electrons. The standard InChI is InChI=1S/C14H20N2O4S/c1-20-14(17)11-4-6-13(7-5-11)21(18,19)16-10-8-12-3-2-9-15-12/h4-7,12,15-16H,2-3,8-10H2,1H3/t12-/m1/s1. The third-order valence-corrected chi connectivity index (χ3v) is 5.01. The fourth-order valence-electron chi connectivity index (χ4n) is 2.34. The summed E-state index contributed by atoms with van der Waals surface area (Å²) in [5.41, 5.74) is 0.326. The van der Waals surface area contributed by atoms with Crippen LogP contribution in [0.5, 0.6) is 0 Å². The van der Waals surface area contributed by atoms with E-state index in [1.165, 1.54) is 31.4 Å². The van der Waals surface area contributed by atoms with Crippen LogP contribution in [0.3, 0.4) is 0 Å². The summed E-state index contributed by atoms with van der Waals surface area (Å²) in [6.45, 7) is 1.41. The van der Waals surface area contributed by atoms with E-state index >= 15 is 0 Å². The summed E-state index contributed by atoms with van der Waals surface area (Å²) in [7, 11) is -2.25. The second kappa shape index (κ2) is 7.02. The van der Waals surface area contributed by atoms with Gasteiger partial charge in [-0.2, -0.15) is 0 Å². The molecule has 1 aromatic rings. The van der Waals surface area contributed by atoms with Gasteiger partial charge in [0.2, 0.25) is 10.0 Å². The third kappa shape index (κ3) is 4.26. The van der Waals surface area contributed by atoms with E-state index in [4.69, 9.17) is 0 Å². The first kappa shape index (κ1) is 15.9. The molecule has 0 bridgehead atoms. The average molecular weight is 312 g/mol. The molecule has 0 aromatic heterocycles. The molecule has 0 saturated carbocycles. The Labute approximate surface area is 124 Å². The maximum Gasteiger partial charge on any atom is 0.337 e. The molecular weight excluding hydrogens is 292 g/mol.